The van der Waals surface area contributed by atoms with Gasteiger partial charge >= 0.3 is 0 Å². The molecule has 1 amide bonds. The lowest BCUT2D eigenvalue weighted by Gasteiger charge is -2.37. The SMILES string of the molecule is Cc1cccc(C(=O)Nc2ccc3c(c2)C2C=CCC2C(c2sccc2C)N3)c1. The summed E-state index contributed by atoms with van der Waals surface area (Å²) in [5, 5.41) is 9.05. The number of allylic oxidation sites excluding steroid dienone is 2. The normalized spacial score (nSPS) is 21.9. The summed E-state index contributed by atoms with van der Waals surface area (Å²) in [6, 6.07) is 16.5. The number of nitrogens with one attached hydrogen (secondary N) is 2. The smallest absolute Gasteiger partial charge is 0.255 e. The van der Waals surface area contributed by atoms with Gasteiger partial charge in [-0.25, -0.2) is 0 Å². The molecule has 2 aromatic carbocycles. The Kier molecular flexibility index (Phi) is 4.51. The van der Waals surface area contributed by atoms with Crippen molar-refractivity contribution < 1.29 is 4.79 Å². The van der Waals surface area contributed by atoms with Gasteiger partial charge in [0, 0.05) is 27.7 Å². The van der Waals surface area contributed by atoms with Crippen molar-refractivity contribution in [3.63, 3.8) is 0 Å². The van der Waals surface area contributed by atoms with Crippen LogP contribution in [0.15, 0.2) is 66.1 Å². The van der Waals surface area contributed by atoms with Crippen molar-refractivity contribution in [3.05, 3.63) is 93.2 Å². The lowest BCUT2D eigenvalue weighted by atomic mass is 9.78. The molecule has 0 fully saturated rings. The van der Waals surface area contributed by atoms with Gasteiger partial charge in [0.1, 0.15) is 0 Å². The van der Waals surface area contributed by atoms with E-state index in [1.165, 1.54) is 21.7 Å². The Morgan fingerprint density at radius 2 is 2.03 bits per heavy atom. The zero-order chi connectivity index (χ0) is 20.0. The highest BCUT2D eigenvalue weighted by Gasteiger charge is 2.38. The molecular formula is C25H24N2OS. The van der Waals surface area contributed by atoms with Gasteiger partial charge in [-0.2, -0.15) is 0 Å². The van der Waals surface area contributed by atoms with Crippen molar-refractivity contribution in [1.82, 2.24) is 0 Å². The van der Waals surface area contributed by atoms with Gasteiger partial charge in [0.05, 0.1) is 6.04 Å². The minimum absolute atomic E-state index is 0.0666. The molecule has 5 rings (SSSR count). The number of thiophene rings is 1. The first kappa shape index (κ1) is 18.2. The molecule has 3 aromatic rings. The van der Waals surface area contributed by atoms with E-state index >= 15 is 0 Å². The molecule has 3 unspecified atom stereocenters. The Morgan fingerprint density at radius 3 is 2.83 bits per heavy atom. The van der Waals surface area contributed by atoms with Gasteiger partial charge in [-0.15, -0.1) is 11.3 Å². The molecule has 146 valence electrons. The summed E-state index contributed by atoms with van der Waals surface area (Å²) in [7, 11) is 0. The molecule has 0 saturated heterocycles. The minimum Gasteiger partial charge on any atom is -0.377 e. The maximum absolute atomic E-state index is 12.7. The number of fused-ring (bicyclic) bond motifs is 3. The summed E-state index contributed by atoms with van der Waals surface area (Å²) in [5.41, 5.74) is 6.43. The lowest BCUT2D eigenvalue weighted by molar-refractivity contribution is 0.102. The third-order valence-corrected chi connectivity index (χ3v) is 7.19. The monoisotopic (exact) mass is 400 g/mol. The summed E-state index contributed by atoms with van der Waals surface area (Å²) >= 11 is 1.84. The second kappa shape index (κ2) is 7.20. The van der Waals surface area contributed by atoms with E-state index in [0.717, 1.165) is 17.7 Å². The standard InChI is InChI=1S/C25H24N2OS/c1-15-5-3-6-17(13-15)25(28)26-18-9-10-22-21(14-18)19-7-4-8-20(19)23(27-22)24-16(2)11-12-29-24/h3-7,9-14,19-20,23,27H,8H2,1-2H3,(H,26,28). The fourth-order valence-electron chi connectivity index (χ4n) is 4.62. The van der Waals surface area contributed by atoms with Crippen LogP contribution >= 0.6 is 11.3 Å². The summed E-state index contributed by atoms with van der Waals surface area (Å²) in [4.78, 5) is 14.1. The van der Waals surface area contributed by atoms with Gasteiger partial charge in [-0.05, 0) is 79.1 Å². The quantitative estimate of drug-likeness (QED) is 0.497. The number of rotatable bonds is 3. The van der Waals surface area contributed by atoms with Crippen molar-refractivity contribution in [2.24, 2.45) is 5.92 Å². The second-order valence-electron chi connectivity index (χ2n) is 8.07. The number of anilines is 2. The molecule has 2 aliphatic rings. The van der Waals surface area contributed by atoms with E-state index < -0.39 is 0 Å². The van der Waals surface area contributed by atoms with Gasteiger partial charge in [0.15, 0.2) is 0 Å². The van der Waals surface area contributed by atoms with Crippen LogP contribution in [-0.2, 0) is 0 Å². The number of aryl methyl sites for hydroxylation is 2. The number of amides is 1. The Morgan fingerprint density at radius 1 is 1.14 bits per heavy atom. The van der Waals surface area contributed by atoms with Crippen LogP contribution in [0.1, 0.15) is 50.3 Å². The largest absolute Gasteiger partial charge is 0.377 e. The number of carbonyl (C=O) groups is 1. The number of carbonyl (C=O) groups excluding carboxylic acids is 1. The van der Waals surface area contributed by atoms with Gasteiger partial charge in [0.2, 0.25) is 0 Å². The summed E-state index contributed by atoms with van der Waals surface area (Å²) in [6.45, 7) is 4.20. The minimum atomic E-state index is -0.0666. The molecule has 0 spiro atoms. The summed E-state index contributed by atoms with van der Waals surface area (Å²) < 4.78 is 0. The highest BCUT2D eigenvalue weighted by Crippen LogP contribution is 2.51. The van der Waals surface area contributed by atoms with E-state index in [9.17, 15) is 4.79 Å². The zero-order valence-electron chi connectivity index (χ0n) is 16.6. The van der Waals surface area contributed by atoms with Crippen LogP contribution in [0, 0.1) is 19.8 Å². The molecule has 2 heterocycles. The summed E-state index contributed by atoms with van der Waals surface area (Å²) in [6.07, 6.45) is 5.73. The molecule has 3 nitrogen and oxygen atoms in total. The number of hydrogen-bond donors (Lipinski definition) is 2. The highest BCUT2D eigenvalue weighted by molar-refractivity contribution is 7.10. The van der Waals surface area contributed by atoms with Crippen LogP contribution in [0.25, 0.3) is 0 Å². The topological polar surface area (TPSA) is 41.1 Å². The zero-order valence-corrected chi connectivity index (χ0v) is 17.4. The number of benzene rings is 2. The van der Waals surface area contributed by atoms with Gasteiger partial charge in [-0.3, -0.25) is 4.79 Å². The maximum Gasteiger partial charge on any atom is 0.255 e. The van der Waals surface area contributed by atoms with E-state index in [1.54, 1.807) is 0 Å². The third-order valence-electron chi connectivity index (χ3n) is 6.09. The van der Waals surface area contributed by atoms with Crippen LogP contribution < -0.4 is 10.6 Å². The van der Waals surface area contributed by atoms with Crippen molar-refractivity contribution in [2.45, 2.75) is 32.2 Å². The first-order valence-corrected chi connectivity index (χ1v) is 11.0. The molecule has 0 saturated carbocycles. The van der Waals surface area contributed by atoms with Crippen LogP contribution in [-0.4, -0.2) is 5.91 Å². The number of hydrogen-bond acceptors (Lipinski definition) is 3. The Balaban J connectivity index is 1.44. The predicted octanol–water partition coefficient (Wildman–Crippen LogP) is 6.44. The average molecular weight is 401 g/mol. The molecule has 2 N–H and O–H groups in total. The summed E-state index contributed by atoms with van der Waals surface area (Å²) in [5.74, 6) is 0.833. The van der Waals surface area contributed by atoms with Crippen molar-refractivity contribution >= 4 is 28.6 Å². The third kappa shape index (κ3) is 3.28. The lowest BCUT2D eigenvalue weighted by Crippen LogP contribution is -2.29. The van der Waals surface area contributed by atoms with Crippen molar-refractivity contribution in [1.29, 1.82) is 0 Å². The van der Waals surface area contributed by atoms with Crippen LogP contribution in [0.2, 0.25) is 0 Å². The molecule has 1 aliphatic carbocycles. The highest BCUT2D eigenvalue weighted by atomic mass is 32.1. The van der Waals surface area contributed by atoms with E-state index in [0.29, 0.717) is 23.4 Å². The maximum atomic E-state index is 12.7. The molecule has 3 atom stereocenters. The fraction of sp³-hybridized carbons (Fsp3) is 0.240. The fourth-order valence-corrected chi connectivity index (χ4v) is 5.68. The van der Waals surface area contributed by atoms with Crippen molar-refractivity contribution in [2.75, 3.05) is 10.6 Å². The van der Waals surface area contributed by atoms with E-state index in [1.807, 2.05) is 48.6 Å². The van der Waals surface area contributed by atoms with Crippen molar-refractivity contribution in [3.8, 4) is 0 Å². The molecule has 1 aromatic heterocycles. The van der Waals surface area contributed by atoms with Crippen LogP contribution in [0.3, 0.4) is 0 Å². The Bertz CT molecular complexity index is 1110. The van der Waals surface area contributed by atoms with Gasteiger partial charge in [-0.1, -0.05) is 29.8 Å². The van der Waals surface area contributed by atoms with E-state index in [4.69, 9.17) is 0 Å². The first-order chi connectivity index (χ1) is 14.1. The molecule has 4 heteroatoms. The molecule has 0 bridgehead atoms. The Labute approximate surface area is 175 Å². The van der Waals surface area contributed by atoms with Gasteiger partial charge in [0.25, 0.3) is 5.91 Å². The average Bonchev–Trinajstić information content (AvgIpc) is 3.37. The molecule has 0 radical (unpaired) electrons. The predicted molar refractivity (Wildman–Crippen MR) is 121 cm³/mol. The molecule has 1 aliphatic heterocycles. The second-order valence-corrected chi connectivity index (χ2v) is 9.02. The van der Waals surface area contributed by atoms with Crippen LogP contribution in [0.4, 0.5) is 11.4 Å². The van der Waals surface area contributed by atoms with Crippen LogP contribution in [0.5, 0.6) is 0 Å². The molecular weight excluding hydrogens is 376 g/mol. The molecule has 29 heavy (non-hydrogen) atoms. The van der Waals surface area contributed by atoms with Gasteiger partial charge < -0.3 is 10.6 Å². The van der Waals surface area contributed by atoms with E-state index in [2.05, 4.69) is 53.3 Å². The first-order valence-electron chi connectivity index (χ1n) is 10.1. The van der Waals surface area contributed by atoms with E-state index in [-0.39, 0.29) is 5.91 Å². The Hall–Kier alpha value is -2.85.